The molecule has 0 aliphatic rings. The molecular formula is C16H16FN5O. The van der Waals surface area contributed by atoms with Gasteiger partial charge in [0.2, 0.25) is 11.8 Å². The fourth-order valence-corrected chi connectivity index (χ4v) is 2.30. The molecule has 0 fully saturated rings. The lowest BCUT2D eigenvalue weighted by atomic mass is 10.1. The highest BCUT2D eigenvalue weighted by atomic mass is 19.1. The van der Waals surface area contributed by atoms with Gasteiger partial charge in [0.15, 0.2) is 0 Å². The summed E-state index contributed by atoms with van der Waals surface area (Å²) >= 11 is 0. The highest BCUT2D eigenvalue weighted by Crippen LogP contribution is 2.26. The standard InChI is InChI=1S/C16H16FN5O/c1-22-10-9-18-15(22)14(11-5-3-4-6-12(11)17)21-16-19-8-7-13(20-16)23-2/h3-10,14H,1-2H3,(H,19,20,21)/t14-/m0/s1. The average Bonchev–Trinajstić information content (AvgIpc) is 2.99. The summed E-state index contributed by atoms with van der Waals surface area (Å²) in [6, 6.07) is 7.67. The number of hydrogen-bond donors (Lipinski definition) is 1. The summed E-state index contributed by atoms with van der Waals surface area (Å²) in [5, 5.41) is 3.13. The van der Waals surface area contributed by atoms with Crippen molar-refractivity contribution in [3.63, 3.8) is 0 Å². The van der Waals surface area contributed by atoms with E-state index in [-0.39, 0.29) is 5.82 Å². The van der Waals surface area contributed by atoms with Crippen molar-refractivity contribution < 1.29 is 9.13 Å². The highest BCUT2D eigenvalue weighted by molar-refractivity contribution is 5.38. The molecule has 0 aliphatic carbocycles. The molecule has 0 saturated carbocycles. The van der Waals surface area contributed by atoms with Crippen LogP contribution in [0.3, 0.4) is 0 Å². The Bertz CT molecular complexity index is 804. The van der Waals surface area contributed by atoms with E-state index in [0.717, 1.165) is 0 Å². The Morgan fingerprint density at radius 1 is 1.17 bits per heavy atom. The summed E-state index contributed by atoms with van der Waals surface area (Å²) in [7, 11) is 3.38. The Labute approximate surface area is 133 Å². The van der Waals surface area contributed by atoms with Crippen LogP contribution in [-0.4, -0.2) is 26.6 Å². The van der Waals surface area contributed by atoms with Crippen molar-refractivity contribution in [1.29, 1.82) is 0 Å². The Kier molecular flexibility index (Phi) is 4.18. The summed E-state index contributed by atoms with van der Waals surface area (Å²) in [4.78, 5) is 12.7. The number of anilines is 1. The van der Waals surface area contributed by atoms with E-state index in [9.17, 15) is 4.39 Å². The summed E-state index contributed by atoms with van der Waals surface area (Å²) in [5.74, 6) is 1.09. The molecule has 0 spiro atoms. The van der Waals surface area contributed by atoms with Crippen LogP contribution < -0.4 is 10.1 Å². The number of nitrogens with zero attached hydrogens (tertiary/aromatic N) is 4. The number of benzene rings is 1. The van der Waals surface area contributed by atoms with Gasteiger partial charge in [0.25, 0.3) is 0 Å². The molecular weight excluding hydrogens is 297 g/mol. The lowest BCUT2D eigenvalue weighted by Crippen LogP contribution is -2.19. The number of ether oxygens (including phenoxy) is 1. The van der Waals surface area contributed by atoms with Crippen molar-refractivity contribution in [1.82, 2.24) is 19.5 Å². The molecule has 118 valence electrons. The predicted molar refractivity (Wildman–Crippen MR) is 83.7 cm³/mol. The minimum absolute atomic E-state index is 0.323. The van der Waals surface area contributed by atoms with E-state index in [0.29, 0.717) is 23.2 Å². The second kappa shape index (κ2) is 6.43. The first-order valence-electron chi connectivity index (χ1n) is 7.04. The maximum atomic E-state index is 14.3. The molecule has 1 N–H and O–H groups in total. The summed E-state index contributed by atoms with van der Waals surface area (Å²) in [6.45, 7) is 0. The van der Waals surface area contributed by atoms with Crippen LogP contribution in [0, 0.1) is 5.82 Å². The maximum Gasteiger partial charge on any atom is 0.226 e. The van der Waals surface area contributed by atoms with Crippen molar-refractivity contribution in [2.75, 3.05) is 12.4 Å². The van der Waals surface area contributed by atoms with E-state index in [1.165, 1.54) is 13.2 Å². The lowest BCUT2D eigenvalue weighted by Gasteiger charge is -2.19. The van der Waals surface area contributed by atoms with Crippen LogP contribution in [0.1, 0.15) is 17.4 Å². The Morgan fingerprint density at radius 2 is 2.00 bits per heavy atom. The SMILES string of the molecule is COc1ccnc(N[C@@H](c2ccccc2F)c2nccn2C)n1. The van der Waals surface area contributed by atoms with Gasteiger partial charge in [-0.25, -0.2) is 14.4 Å². The van der Waals surface area contributed by atoms with E-state index in [1.807, 2.05) is 11.6 Å². The van der Waals surface area contributed by atoms with Gasteiger partial charge in [0.1, 0.15) is 17.7 Å². The second-order valence-electron chi connectivity index (χ2n) is 4.92. The maximum absolute atomic E-state index is 14.3. The van der Waals surface area contributed by atoms with Crippen LogP contribution in [0.5, 0.6) is 5.88 Å². The van der Waals surface area contributed by atoms with Crippen LogP contribution in [0.2, 0.25) is 0 Å². The normalized spacial score (nSPS) is 12.0. The van der Waals surface area contributed by atoms with Gasteiger partial charge >= 0.3 is 0 Å². The van der Waals surface area contributed by atoms with Crippen molar-refractivity contribution >= 4 is 5.95 Å². The largest absolute Gasteiger partial charge is 0.481 e. The monoisotopic (exact) mass is 313 g/mol. The number of nitrogens with one attached hydrogen (secondary N) is 1. The van der Waals surface area contributed by atoms with Crippen molar-refractivity contribution in [2.24, 2.45) is 7.05 Å². The molecule has 6 nitrogen and oxygen atoms in total. The number of halogens is 1. The van der Waals surface area contributed by atoms with Gasteiger partial charge in [-0.2, -0.15) is 4.98 Å². The van der Waals surface area contributed by atoms with Crippen LogP contribution in [-0.2, 0) is 7.05 Å². The molecule has 2 heterocycles. The predicted octanol–water partition coefficient (Wildman–Crippen LogP) is 2.56. The molecule has 0 aliphatic heterocycles. The van der Waals surface area contributed by atoms with E-state index in [2.05, 4.69) is 20.3 Å². The molecule has 3 rings (SSSR count). The minimum Gasteiger partial charge on any atom is -0.481 e. The molecule has 2 aromatic heterocycles. The molecule has 7 heteroatoms. The Balaban J connectivity index is 2.02. The number of methoxy groups -OCH3 is 1. The summed E-state index contributed by atoms with van der Waals surface area (Å²) < 4.78 is 21.2. The number of imidazole rings is 1. The number of aromatic nitrogens is 4. The van der Waals surface area contributed by atoms with Gasteiger partial charge in [-0.1, -0.05) is 18.2 Å². The van der Waals surface area contributed by atoms with Crippen molar-refractivity contribution in [3.05, 3.63) is 66.1 Å². The van der Waals surface area contributed by atoms with Gasteiger partial charge < -0.3 is 14.6 Å². The number of aryl methyl sites for hydroxylation is 1. The van der Waals surface area contributed by atoms with Crippen LogP contribution in [0.4, 0.5) is 10.3 Å². The molecule has 0 unspecified atom stereocenters. The van der Waals surface area contributed by atoms with Gasteiger partial charge in [0, 0.05) is 37.3 Å². The van der Waals surface area contributed by atoms with Crippen LogP contribution >= 0.6 is 0 Å². The third kappa shape index (κ3) is 3.13. The first-order chi connectivity index (χ1) is 11.2. The van der Waals surface area contributed by atoms with Gasteiger partial charge in [-0.3, -0.25) is 0 Å². The fraction of sp³-hybridized carbons (Fsp3) is 0.188. The smallest absolute Gasteiger partial charge is 0.226 e. The number of hydrogen-bond acceptors (Lipinski definition) is 5. The average molecular weight is 313 g/mol. The lowest BCUT2D eigenvalue weighted by molar-refractivity contribution is 0.397. The van der Waals surface area contributed by atoms with Crippen molar-refractivity contribution in [3.8, 4) is 5.88 Å². The zero-order chi connectivity index (χ0) is 16.2. The third-order valence-corrected chi connectivity index (χ3v) is 3.45. The fourth-order valence-electron chi connectivity index (χ4n) is 2.30. The summed E-state index contributed by atoms with van der Waals surface area (Å²) in [6.07, 6.45) is 5.04. The van der Waals surface area contributed by atoms with E-state index < -0.39 is 6.04 Å². The number of rotatable bonds is 5. The molecule has 23 heavy (non-hydrogen) atoms. The molecule has 0 amide bonds. The first-order valence-corrected chi connectivity index (χ1v) is 7.04. The quantitative estimate of drug-likeness (QED) is 0.784. The Morgan fingerprint density at radius 3 is 2.70 bits per heavy atom. The van der Waals surface area contributed by atoms with Crippen LogP contribution in [0.25, 0.3) is 0 Å². The van der Waals surface area contributed by atoms with Gasteiger partial charge in [-0.05, 0) is 6.07 Å². The molecule has 3 aromatic rings. The van der Waals surface area contributed by atoms with E-state index >= 15 is 0 Å². The molecule has 0 saturated heterocycles. The second-order valence-corrected chi connectivity index (χ2v) is 4.92. The summed E-state index contributed by atoms with van der Waals surface area (Å²) in [5.41, 5.74) is 0.466. The topological polar surface area (TPSA) is 64.9 Å². The molecule has 0 radical (unpaired) electrons. The molecule has 1 atom stereocenters. The van der Waals surface area contributed by atoms with Crippen molar-refractivity contribution in [2.45, 2.75) is 6.04 Å². The first kappa shape index (κ1) is 15.0. The van der Waals surface area contributed by atoms with E-state index in [4.69, 9.17) is 4.74 Å². The molecule has 0 bridgehead atoms. The zero-order valence-corrected chi connectivity index (χ0v) is 12.8. The molecule has 1 aromatic carbocycles. The highest BCUT2D eigenvalue weighted by Gasteiger charge is 2.22. The van der Waals surface area contributed by atoms with Gasteiger partial charge in [-0.15, -0.1) is 0 Å². The minimum atomic E-state index is -0.525. The van der Waals surface area contributed by atoms with E-state index in [1.54, 1.807) is 42.9 Å². The Hall–Kier alpha value is -2.96. The zero-order valence-electron chi connectivity index (χ0n) is 12.8. The van der Waals surface area contributed by atoms with Crippen LogP contribution in [0.15, 0.2) is 48.9 Å². The van der Waals surface area contributed by atoms with Gasteiger partial charge in [0.05, 0.1) is 7.11 Å². The third-order valence-electron chi connectivity index (χ3n) is 3.45.